The minimum atomic E-state index is -0.366. The number of rotatable bonds is 3. The Kier molecular flexibility index (Phi) is 3.97. The highest BCUT2D eigenvalue weighted by Gasteiger charge is 2.45. The third-order valence-electron chi connectivity index (χ3n) is 4.82. The number of nitrogens with zero attached hydrogens (tertiary/aromatic N) is 1. The van der Waals surface area contributed by atoms with Gasteiger partial charge in [-0.05, 0) is 42.9 Å². The molecule has 1 aliphatic heterocycles. The quantitative estimate of drug-likeness (QED) is 0.789. The number of carbonyl (C=O) groups is 1. The zero-order valence-electron chi connectivity index (χ0n) is 11.6. The van der Waals surface area contributed by atoms with Crippen molar-refractivity contribution in [3.63, 3.8) is 0 Å². The number of hydrogen-bond acceptors (Lipinski definition) is 3. The maximum absolute atomic E-state index is 12.2. The molecule has 104 valence electrons. The summed E-state index contributed by atoms with van der Waals surface area (Å²) < 4.78 is 0. The molecular weight excluding hydrogens is 228 g/mol. The molecule has 0 aromatic rings. The van der Waals surface area contributed by atoms with E-state index in [9.17, 15) is 9.90 Å². The first kappa shape index (κ1) is 13.8. The summed E-state index contributed by atoms with van der Waals surface area (Å²) in [7, 11) is 0. The molecule has 1 heterocycles. The number of amides is 1. The fourth-order valence-corrected chi connectivity index (χ4v) is 3.47. The number of aliphatic hydroxyl groups is 1. The molecule has 18 heavy (non-hydrogen) atoms. The van der Waals surface area contributed by atoms with Crippen LogP contribution >= 0.6 is 0 Å². The van der Waals surface area contributed by atoms with E-state index in [-0.39, 0.29) is 23.3 Å². The van der Waals surface area contributed by atoms with Crippen molar-refractivity contribution in [3.8, 4) is 0 Å². The van der Waals surface area contributed by atoms with Gasteiger partial charge in [-0.3, -0.25) is 4.79 Å². The van der Waals surface area contributed by atoms with Crippen molar-refractivity contribution in [2.75, 3.05) is 19.7 Å². The van der Waals surface area contributed by atoms with Crippen molar-refractivity contribution in [1.82, 2.24) is 4.90 Å². The van der Waals surface area contributed by atoms with Crippen LogP contribution in [-0.2, 0) is 4.79 Å². The van der Waals surface area contributed by atoms with Crippen LogP contribution in [0.5, 0.6) is 0 Å². The molecule has 3 N–H and O–H groups in total. The summed E-state index contributed by atoms with van der Waals surface area (Å²) in [5.41, 5.74) is 6.23. The van der Waals surface area contributed by atoms with Crippen molar-refractivity contribution in [2.24, 2.45) is 23.0 Å². The minimum absolute atomic E-state index is 0.106. The van der Waals surface area contributed by atoms with E-state index in [0.29, 0.717) is 12.5 Å². The zero-order chi connectivity index (χ0) is 13.3. The van der Waals surface area contributed by atoms with Gasteiger partial charge in [0.1, 0.15) is 0 Å². The first-order valence-electron chi connectivity index (χ1n) is 7.13. The van der Waals surface area contributed by atoms with Crippen LogP contribution in [0.1, 0.15) is 39.5 Å². The van der Waals surface area contributed by atoms with Gasteiger partial charge >= 0.3 is 0 Å². The summed E-state index contributed by atoms with van der Waals surface area (Å²) in [6, 6.07) is -0.366. The Labute approximate surface area is 110 Å². The van der Waals surface area contributed by atoms with Crippen LogP contribution in [-0.4, -0.2) is 41.7 Å². The van der Waals surface area contributed by atoms with Gasteiger partial charge in [-0.1, -0.05) is 13.8 Å². The number of hydrogen-bond donors (Lipinski definition) is 2. The van der Waals surface area contributed by atoms with Crippen LogP contribution in [0.25, 0.3) is 0 Å². The van der Waals surface area contributed by atoms with Crippen LogP contribution in [0.3, 0.4) is 0 Å². The standard InChI is InChI=1S/C14H26N2O2/c1-10(2)12(15)13(18)16-6-5-14(9-16)4-3-11(7-14)8-17/h10-12,17H,3-9,15H2,1-2H3/t11-,12-,14+/m0/s1. The van der Waals surface area contributed by atoms with Gasteiger partial charge in [0.15, 0.2) is 0 Å². The molecule has 1 spiro atoms. The van der Waals surface area contributed by atoms with Gasteiger partial charge in [-0.25, -0.2) is 0 Å². The molecule has 2 fully saturated rings. The van der Waals surface area contributed by atoms with Gasteiger partial charge < -0.3 is 15.7 Å². The molecule has 1 saturated carbocycles. The third kappa shape index (κ3) is 2.54. The van der Waals surface area contributed by atoms with E-state index in [0.717, 1.165) is 38.8 Å². The normalized spacial score (nSPS) is 33.6. The molecule has 4 nitrogen and oxygen atoms in total. The molecule has 2 aliphatic rings. The predicted octanol–water partition coefficient (Wildman–Crippen LogP) is 0.981. The molecule has 0 unspecified atom stereocenters. The molecule has 0 aromatic carbocycles. The minimum Gasteiger partial charge on any atom is -0.396 e. The Morgan fingerprint density at radius 1 is 1.50 bits per heavy atom. The lowest BCUT2D eigenvalue weighted by atomic mass is 9.84. The first-order chi connectivity index (χ1) is 8.47. The Hall–Kier alpha value is -0.610. The van der Waals surface area contributed by atoms with E-state index in [1.54, 1.807) is 0 Å². The SMILES string of the molecule is CC(C)[C@H](N)C(=O)N1CC[C@@]2(CC[C@H](CO)C2)C1. The van der Waals surface area contributed by atoms with Crippen molar-refractivity contribution in [2.45, 2.75) is 45.6 Å². The monoisotopic (exact) mass is 254 g/mol. The van der Waals surface area contributed by atoms with Gasteiger partial charge in [0.05, 0.1) is 6.04 Å². The number of nitrogens with two attached hydrogens (primary N) is 1. The zero-order valence-corrected chi connectivity index (χ0v) is 11.6. The molecule has 3 atom stereocenters. The lowest BCUT2D eigenvalue weighted by Gasteiger charge is -2.26. The second-order valence-corrected chi connectivity index (χ2v) is 6.57. The fourth-order valence-electron chi connectivity index (χ4n) is 3.47. The van der Waals surface area contributed by atoms with Gasteiger partial charge in [-0.15, -0.1) is 0 Å². The summed E-state index contributed by atoms with van der Waals surface area (Å²) >= 11 is 0. The van der Waals surface area contributed by atoms with Crippen molar-refractivity contribution in [3.05, 3.63) is 0 Å². The maximum atomic E-state index is 12.2. The predicted molar refractivity (Wildman–Crippen MR) is 70.9 cm³/mol. The van der Waals surface area contributed by atoms with E-state index >= 15 is 0 Å². The Morgan fingerprint density at radius 2 is 2.22 bits per heavy atom. The maximum Gasteiger partial charge on any atom is 0.239 e. The van der Waals surface area contributed by atoms with Crippen LogP contribution in [0.2, 0.25) is 0 Å². The summed E-state index contributed by atoms with van der Waals surface area (Å²) in [4.78, 5) is 14.2. The van der Waals surface area contributed by atoms with E-state index < -0.39 is 0 Å². The second kappa shape index (κ2) is 5.17. The molecule has 0 aromatic heterocycles. The molecule has 2 rings (SSSR count). The van der Waals surface area contributed by atoms with E-state index in [2.05, 4.69) is 0 Å². The Balaban J connectivity index is 1.94. The lowest BCUT2D eigenvalue weighted by molar-refractivity contribution is -0.132. The van der Waals surface area contributed by atoms with Crippen LogP contribution in [0.4, 0.5) is 0 Å². The summed E-state index contributed by atoms with van der Waals surface area (Å²) in [6.45, 7) is 5.97. The van der Waals surface area contributed by atoms with Gasteiger partial charge in [0, 0.05) is 19.7 Å². The molecule has 1 amide bonds. The molecular formula is C14H26N2O2. The van der Waals surface area contributed by atoms with Gasteiger partial charge in [-0.2, -0.15) is 0 Å². The van der Waals surface area contributed by atoms with E-state index in [4.69, 9.17) is 5.73 Å². The Bertz CT molecular complexity index is 319. The summed E-state index contributed by atoms with van der Waals surface area (Å²) in [6.07, 6.45) is 4.41. The smallest absolute Gasteiger partial charge is 0.239 e. The van der Waals surface area contributed by atoms with Gasteiger partial charge in [0.2, 0.25) is 5.91 Å². The van der Waals surface area contributed by atoms with Crippen molar-refractivity contribution < 1.29 is 9.90 Å². The van der Waals surface area contributed by atoms with E-state index in [1.165, 1.54) is 0 Å². The highest BCUT2D eigenvalue weighted by atomic mass is 16.3. The number of aliphatic hydroxyl groups excluding tert-OH is 1. The average molecular weight is 254 g/mol. The number of carbonyl (C=O) groups excluding carboxylic acids is 1. The van der Waals surface area contributed by atoms with Gasteiger partial charge in [0.25, 0.3) is 0 Å². The van der Waals surface area contributed by atoms with Crippen LogP contribution < -0.4 is 5.73 Å². The van der Waals surface area contributed by atoms with E-state index in [1.807, 2.05) is 18.7 Å². The molecule has 1 saturated heterocycles. The second-order valence-electron chi connectivity index (χ2n) is 6.57. The Morgan fingerprint density at radius 3 is 2.78 bits per heavy atom. The lowest BCUT2D eigenvalue weighted by Crippen LogP contribution is -2.46. The molecule has 0 bridgehead atoms. The summed E-state index contributed by atoms with van der Waals surface area (Å²) in [5.74, 6) is 0.746. The largest absolute Gasteiger partial charge is 0.396 e. The first-order valence-corrected chi connectivity index (χ1v) is 7.13. The number of likely N-dealkylation sites (tertiary alicyclic amines) is 1. The fraction of sp³-hybridized carbons (Fsp3) is 0.929. The summed E-state index contributed by atoms with van der Waals surface area (Å²) in [5, 5.41) is 9.25. The van der Waals surface area contributed by atoms with Crippen molar-refractivity contribution in [1.29, 1.82) is 0 Å². The highest BCUT2D eigenvalue weighted by molar-refractivity contribution is 5.82. The average Bonchev–Trinajstić information content (AvgIpc) is 2.95. The topological polar surface area (TPSA) is 66.6 Å². The van der Waals surface area contributed by atoms with Crippen LogP contribution in [0.15, 0.2) is 0 Å². The highest BCUT2D eigenvalue weighted by Crippen LogP contribution is 2.48. The molecule has 4 heteroatoms. The molecule has 0 radical (unpaired) electrons. The molecule has 1 aliphatic carbocycles. The third-order valence-corrected chi connectivity index (χ3v) is 4.82. The van der Waals surface area contributed by atoms with Crippen LogP contribution in [0, 0.1) is 17.3 Å². The van der Waals surface area contributed by atoms with Crippen molar-refractivity contribution >= 4 is 5.91 Å².